The van der Waals surface area contributed by atoms with Crippen LogP contribution in [-0.4, -0.2) is 43.5 Å². The number of rotatable bonds is 4. The first-order valence-corrected chi connectivity index (χ1v) is 8.99. The topological polar surface area (TPSA) is 71.2 Å². The number of fused-ring (bicyclic) bond motifs is 1. The average Bonchev–Trinajstić information content (AvgIpc) is 3.39. The van der Waals surface area contributed by atoms with Crippen LogP contribution in [0.2, 0.25) is 0 Å². The highest BCUT2D eigenvalue weighted by Gasteiger charge is 2.27. The SMILES string of the molecule is c1cc(NC2CCN(c3nccn4ccnc34)CC2)nc(C2CC2)n1. The molecule has 3 aromatic heterocycles. The summed E-state index contributed by atoms with van der Waals surface area (Å²) in [5.41, 5.74) is 0.929. The molecule has 1 aliphatic heterocycles. The lowest BCUT2D eigenvalue weighted by Gasteiger charge is -2.33. The van der Waals surface area contributed by atoms with Crippen molar-refractivity contribution in [3.8, 4) is 0 Å². The van der Waals surface area contributed by atoms with E-state index in [9.17, 15) is 0 Å². The van der Waals surface area contributed by atoms with Gasteiger partial charge in [-0.1, -0.05) is 0 Å². The maximum Gasteiger partial charge on any atom is 0.180 e. The molecule has 0 aromatic carbocycles. The minimum absolute atomic E-state index is 0.442. The fraction of sp³-hybridized carbons (Fsp3) is 0.444. The number of nitrogens with one attached hydrogen (secondary N) is 1. The van der Waals surface area contributed by atoms with Crippen molar-refractivity contribution in [1.82, 2.24) is 24.3 Å². The Bertz CT molecular complexity index is 878. The normalized spacial score (nSPS) is 18.6. The van der Waals surface area contributed by atoms with Crippen LogP contribution >= 0.6 is 0 Å². The molecule has 0 radical (unpaired) electrons. The third-order valence-electron chi connectivity index (χ3n) is 5.06. The minimum atomic E-state index is 0.442. The molecule has 0 spiro atoms. The van der Waals surface area contributed by atoms with E-state index in [2.05, 4.69) is 30.2 Å². The molecule has 0 amide bonds. The quantitative estimate of drug-likeness (QED) is 0.790. The van der Waals surface area contributed by atoms with E-state index in [1.54, 1.807) is 0 Å². The maximum absolute atomic E-state index is 4.68. The predicted molar refractivity (Wildman–Crippen MR) is 95.9 cm³/mol. The third kappa shape index (κ3) is 2.90. The van der Waals surface area contributed by atoms with Gasteiger partial charge in [-0.3, -0.25) is 0 Å². The summed E-state index contributed by atoms with van der Waals surface area (Å²) in [6.07, 6.45) is 14.0. The van der Waals surface area contributed by atoms with Gasteiger partial charge in [-0.05, 0) is 31.7 Å². The van der Waals surface area contributed by atoms with Gasteiger partial charge in [0.2, 0.25) is 0 Å². The van der Waals surface area contributed by atoms with Gasteiger partial charge >= 0.3 is 0 Å². The van der Waals surface area contributed by atoms with Crippen molar-refractivity contribution in [2.75, 3.05) is 23.3 Å². The predicted octanol–water partition coefficient (Wildman–Crippen LogP) is 2.48. The van der Waals surface area contributed by atoms with Crippen LogP contribution in [0, 0.1) is 0 Å². The van der Waals surface area contributed by atoms with Gasteiger partial charge in [0.1, 0.15) is 11.6 Å². The van der Waals surface area contributed by atoms with Gasteiger partial charge in [0.25, 0.3) is 0 Å². The summed E-state index contributed by atoms with van der Waals surface area (Å²) in [5, 5.41) is 3.59. The van der Waals surface area contributed by atoms with Crippen LogP contribution in [0.1, 0.15) is 37.4 Å². The smallest absolute Gasteiger partial charge is 0.180 e. The van der Waals surface area contributed by atoms with E-state index in [4.69, 9.17) is 0 Å². The molecule has 7 nitrogen and oxygen atoms in total. The van der Waals surface area contributed by atoms with Crippen molar-refractivity contribution < 1.29 is 0 Å². The minimum Gasteiger partial charge on any atom is -0.367 e. The van der Waals surface area contributed by atoms with E-state index in [0.717, 1.165) is 49.0 Å². The lowest BCUT2D eigenvalue weighted by Crippen LogP contribution is -2.40. The number of piperidine rings is 1. The summed E-state index contributed by atoms with van der Waals surface area (Å²) < 4.78 is 2.02. The Hall–Kier alpha value is -2.70. The van der Waals surface area contributed by atoms with Crippen molar-refractivity contribution in [2.24, 2.45) is 0 Å². The molecule has 7 heteroatoms. The second-order valence-corrected chi connectivity index (χ2v) is 6.89. The van der Waals surface area contributed by atoms with Gasteiger partial charge in [-0.2, -0.15) is 0 Å². The lowest BCUT2D eigenvalue weighted by molar-refractivity contribution is 0.522. The Morgan fingerprint density at radius 3 is 2.52 bits per heavy atom. The molecule has 2 aliphatic rings. The molecule has 25 heavy (non-hydrogen) atoms. The monoisotopic (exact) mass is 335 g/mol. The number of nitrogens with zero attached hydrogens (tertiary/aromatic N) is 6. The van der Waals surface area contributed by atoms with Crippen LogP contribution < -0.4 is 10.2 Å². The van der Waals surface area contributed by atoms with Gasteiger partial charge in [0, 0.05) is 56.0 Å². The number of imidazole rings is 1. The number of hydrogen-bond acceptors (Lipinski definition) is 6. The molecule has 0 unspecified atom stereocenters. The zero-order valence-corrected chi connectivity index (χ0v) is 14.0. The van der Waals surface area contributed by atoms with Crippen molar-refractivity contribution >= 4 is 17.3 Å². The summed E-state index contributed by atoms with van der Waals surface area (Å²) in [5.74, 6) is 3.52. The number of aromatic nitrogens is 5. The maximum atomic E-state index is 4.68. The number of anilines is 2. The van der Waals surface area contributed by atoms with Crippen LogP contribution in [0.15, 0.2) is 37.1 Å². The largest absolute Gasteiger partial charge is 0.367 e. The van der Waals surface area contributed by atoms with Crippen LogP contribution in [-0.2, 0) is 0 Å². The zero-order chi connectivity index (χ0) is 16.6. The van der Waals surface area contributed by atoms with Crippen molar-refractivity contribution in [2.45, 2.75) is 37.6 Å². The Labute approximate surface area is 146 Å². The van der Waals surface area contributed by atoms with E-state index in [1.165, 1.54) is 12.8 Å². The van der Waals surface area contributed by atoms with Crippen molar-refractivity contribution in [3.63, 3.8) is 0 Å². The molecular formula is C18H21N7. The average molecular weight is 335 g/mol. The number of hydrogen-bond donors (Lipinski definition) is 1. The summed E-state index contributed by atoms with van der Waals surface area (Å²) in [7, 11) is 0. The standard InChI is InChI=1S/C18H21N7/c1-2-13(1)16-19-6-3-15(23-16)22-14-4-9-24(10-5-14)17-18-21-8-12-25(18)11-7-20-17/h3,6-8,11-14H,1-2,4-5,9-10H2,(H,19,22,23). The Morgan fingerprint density at radius 2 is 1.72 bits per heavy atom. The fourth-order valence-corrected chi connectivity index (χ4v) is 3.50. The van der Waals surface area contributed by atoms with Gasteiger partial charge in [-0.25, -0.2) is 19.9 Å². The summed E-state index contributed by atoms with van der Waals surface area (Å²) in [6, 6.07) is 2.42. The molecular weight excluding hydrogens is 314 g/mol. The summed E-state index contributed by atoms with van der Waals surface area (Å²) in [4.78, 5) is 20.4. The molecule has 0 atom stereocenters. The van der Waals surface area contributed by atoms with Gasteiger partial charge in [0.05, 0.1) is 0 Å². The van der Waals surface area contributed by atoms with Crippen LogP contribution in [0.3, 0.4) is 0 Å². The molecule has 3 aromatic rings. The highest BCUT2D eigenvalue weighted by atomic mass is 15.2. The van der Waals surface area contributed by atoms with E-state index >= 15 is 0 Å². The first kappa shape index (κ1) is 14.6. The molecule has 1 saturated carbocycles. The molecule has 2 fully saturated rings. The van der Waals surface area contributed by atoms with Crippen molar-refractivity contribution in [1.29, 1.82) is 0 Å². The second kappa shape index (κ2) is 5.98. The molecule has 1 N–H and O–H groups in total. The van der Waals surface area contributed by atoms with Gasteiger partial charge < -0.3 is 14.6 Å². The van der Waals surface area contributed by atoms with E-state index in [-0.39, 0.29) is 0 Å². The zero-order valence-electron chi connectivity index (χ0n) is 14.0. The Morgan fingerprint density at radius 1 is 0.920 bits per heavy atom. The van der Waals surface area contributed by atoms with Crippen LogP contribution in [0.4, 0.5) is 11.6 Å². The van der Waals surface area contributed by atoms with E-state index < -0.39 is 0 Å². The lowest BCUT2D eigenvalue weighted by atomic mass is 10.1. The second-order valence-electron chi connectivity index (χ2n) is 6.89. The van der Waals surface area contributed by atoms with E-state index in [1.807, 2.05) is 41.5 Å². The van der Waals surface area contributed by atoms with Gasteiger partial charge in [0.15, 0.2) is 11.5 Å². The first-order valence-electron chi connectivity index (χ1n) is 8.99. The highest BCUT2D eigenvalue weighted by molar-refractivity contribution is 5.64. The molecule has 1 aliphatic carbocycles. The summed E-state index contributed by atoms with van der Waals surface area (Å²) in [6.45, 7) is 1.94. The molecule has 128 valence electrons. The highest BCUT2D eigenvalue weighted by Crippen LogP contribution is 2.38. The Balaban J connectivity index is 1.25. The van der Waals surface area contributed by atoms with Crippen molar-refractivity contribution in [3.05, 3.63) is 42.9 Å². The van der Waals surface area contributed by atoms with Crippen LogP contribution in [0.25, 0.3) is 5.65 Å². The fourth-order valence-electron chi connectivity index (χ4n) is 3.50. The first-order chi connectivity index (χ1) is 12.4. The summed E-state index contributed by atoms with van der Waals surface area (Å²) >= 11 is 0. The third-order valence-corrected chi connectivity index (χ3v) is 5.06. The van der Waals surface area contributed by atoms with E-state index in [0.29, 0.717) is 12.0 Å². The molecule has 1 saturated heterocycles. The molecule has 4 heterocycles. The van der Waals surface area contributed by atoms with Crippen LogP contribution in [0.5, 0.6) is 0 Å². The van der Waals surface area contributed by atoms with Gasteiger partial charge in [-0.15, -0.1) is 0 Å². The molecule has 0 bridgehead atoms. The molecule has 5 rings (SSSR count). The Kier molecular flexibility index (Phi) is 3.50.